The zero-order valence-corrected chi connectivity index (χ0v) is 15.6. The van der Waals surface area contributed by atoms with Gasteiger partial charge >= 0.3 is 0 Å². The Morgan fingerprint density at radius 3 is 2.88 bits per heavy atom. The Labute approximate surface area is 154 Å². The number of aromatic nitrogens is 1. The Morgan fingerprint density at radius 2 is 2.15 bits per heavy atom. The molecule has 2 saturated heterocycles. The fourth-order valence-electron chi connectivity index (χ4n) is 4.42. The van der Waals surface area contributed by atoms with E-state index in [4.69, 9.17) is 8.83 Å². The molecule has 0 N–H and O–H groups in total. The summed E-state index contributed by atoms with van der Waals surface area (Å²) in [6.07, 6.45) is 5.24. The summed E-state index contributed by atoms with van der Waals surface area (Å²) in [7, 11) is 0. The van der Waals surface area contributed by atoms with Gasteiger partial charge in [-0.1, -0.05) is 0 Å². The van der Waals surface area contributed by atoms with Crippen molar-refractivity contribution in [2.24, 2.45) is 5.92 Å². The Kier molecular flexibility index (Phi) is 4.85. The molecular weight excluding hydrogens is 330 g/mol. The number of furan rings is 1. The third kappa shape index (κ3) is 3.70. The van der Waals surface area contributed by atoms with Crippen molar-refractivity contribution in [3.63, 3.8) is 0 Å². The summed E-state index contributed by atoms with van der Waals surface area (Å²) < 4.78 is 11.0. The van der Waals surface area contributed by atoms with E-state index >= 15 is 0 Å². The molecule has 0 bridgehead atoms. The van der Waals surface area contributed by atoms with Crippen molar-refractivity contribution in [1.82, 2.24) is 14.8 Å². The molecule has 2 aromatic heterocycles. The van der Waals surface area contributed by atoms with Gasteiger partial charge < -0.3 is 13.7 Å². The average Bonchev–Trinajstić information content (AvgIpc) is 3.22. The number of aryl methyl sites for hydroxylation is 2. The number of fused-ring (bicyclic) bond motifs is 1. The lowest BCUT2D eigenvalue weighted by molar-refractivity contribution is -0.141. The second kappa shape index (κ2) is 7.27. The van der Waals surface area contributed by atoms with Gasteiger partial charge in [-0.2, -0.15) is 0 Å². The van der Waals surface area contributed by atoms with Crippen molar-refractivity contribution in [3.8, 4) is 0 Å². The van der Waals surface area contributed by atoms with Gasteiger partial charge in [0.1, 0.15) is 17.8 Å². The number of hydrogen-bond acceptors (Lipinski definition) is 5. The van der Waals surface area contributed by atoms with Gasteiger partial charge in [-0.25, -0.2) is 4.98 Å². The fraction of sp³-hybridized carbons (Fsp3) is 0.600. The summed E-state index contributed by atoms with van der Waals surface area (Å²) in [6, 6.07) is 4.37. The Bertz CT molecular complexity index is 766. The first-order chi connectivity index (χ1) is 12.6. The first-order valence-corrected chi connectivity index (χ1v) is 9.56. The number of amides is 1. The van der Waals surface area contributed by atoms with Gasteiger partial charge in [0.2, 0.25) is 5.91 Å². The fourth-order valence-corrected chi connectivity index (χ4v) is 4.42. The van der Waals surface area contributed by atoms with Crippen molar-refractivity contribution >= 4 is 5.91 Å². The molecule has 140 valence electrons. The SMILES string of the molecule is Cc1ccc(CCN2C(=O)CC[C@H]3CN(Cc4coc(C)n4)CC[C@H]32)o1. The molecule has 0 unspecified atom stereocenters. The smallest absolute Gasteiger partial charge is 0.222 e. The molecule has 4 rings (SSSR count). The van der Waals surface area contributed by atoms with Crippen LogP contribution in [-0.2, 0) is 17.8 Å². The van der Waals surface area contributed by atoms with E-state index in [0.717, 1.165) is 68.5 Å². The van der Waals surface area contributed by atoms with E-state index in [9.17, 15) is 4.79 Å². The first-order valence-electron chi connectivity index (χ1n) is 9.56. The minimum Gasteiger partial charge on any atom is -0.466 e. The van der Waals surface area contributed by atoms with Crippen molar-refractivity contribution in [2.75, 3.05) is 19.6 Å². The molecule has 0 spiro atoms. The highest BCUT2D eigenvalue weighted by molar-refractivity contribution is 5.77. The van der Waals surface area contributed by atoms with Gasteiger partial charge in [-0.15, -0.1) is 0 Å². The lowest BCUT2D eigenvalue weighted by Crippen LogP contribution is -2.56. The van der Waals surface area contributed by atoms with Crippen molar-refractivity contribution < 1.29 is 13.6 Å². The second-order valence-corrected chi connectivity index (χ2v) is 7.60. The van der Waals surface area contributed by atoms with E-state index in [0.29, 0.717) is 24.3 Å². The minimum absolute atomic E-state index is 0.301. The molecule has 0 aliphatic carbocycles. The van der Waals surface area contributed by atoms with Crippen LogP contribution in [0.1, 0.15) is 42.4 Å². The molecule has 0 aromatic carbocycles. The lowest BCUT2D eigenvalue weighted by atomic mass is 9.83. The van der Waals surface area contributed by atoms with Crippen LogP contribution in [0.4, 0.5) is 0 Å². The summed E-state index contributed by atoms with van der Waals surface area (Å²) in [5.74, 6) is 3.47. The van der Waals surface area contributed by atoms with Crippen LogP contribution < -0.4 is 0 Å². The lowest BCUT2D eigenvalue weighted by Gasteiger charge is -2.47. The average molecular weight is 357 g/mol. The largest absolute Gasteiger partial charge is 0.466 e. The maximum absolute atomic E-state index is 12.5. The Hall–Kier alpha value is -2.08. The molecule has 4 heterocycles. The Balaban J connectivity index is 1.37. The number of hydrogen-bond donors (Lipinski definition) is 0. The van der Waals surface area contributed by atoms with E-state index in [1.165, 1.54) is 0 Å². The molecule has 2 fully saturated rings. The number of rotatable bonds is 5. The van der Waals surface area contributed by atoms with E-state index < -0.39 is 0 Å². The summed E-state index contributed by atoms with van der Waals surface area (Å²) in [4.78, 5) is 21.5. The number of piperidine rings is 2. The molecule has 2 aliphatic heterocycles. The highest BCUT2D eigenvalue weighted by Crippen LogP contribution is 2.32. The van der Waals surface area contributed by atoms with Gasteiger partial charge in [-0.3, -0.25) is 9.69 Å². The van der Waals surface area contributed by atoms with Crippen molar-refractivity contribution in [1.29, 1.82) is 0 Å². The van der Waals surface area contributed by atoms with Gasteiger partial charge in [0.15, 0.2) is 5.89 Å². The molecule has 26 heavy (non-hydrogen) atoms. The zero-order chi connectivity index (χ0) is 18.1. The molecule has 0 saturated carbocycles. The van der Waals surface area contributed by atoms with E-state index in [2.05, 4.69) is 14.8 Å². The van der Waals surface area contributed by atoms with Crippen LogP contribution in [0.2, 0.25) is 0 Å². The molecular formula is C20H27N3O3. The van der Waals surface area contributed by atoms with E-state index in [-0.39, 0.29) is 0 Å². The van der Waals surface area contributed by atoms with Crippen LogP contribution in [0.25, 0.3) is 0 Å². The standard InChI is InChI=1S/C20H27N3O3/c1-14-3-5-18(26-14)7-10-23-19-8-9-22(11-16(19)4-6-20(23)24)12-17-13-25-15(2)21-17/h3,5,13,16,19H,4,6-12H2,1-2H3/t16-,19+/m0/s1. The minimum atomic E-state index is 0.301. The molecule has 6 nitrogen and oxygen atoms in total. The number of carbonyl (C=O) groups excluding carboxylic acids is 1. The number of nitrogens with zero attached hydrogens (tertiary/aromatic N) is 3. The van der Waals surface area contributed by atoms with Crippen LogP contribution in [0.15, 0.2) is 27.2 Å². The summed E-state index contributed by atoms with van der Waals surface area (Å²) >= 11 is 0. The summed E-state index contributed by atoms with van der Waals surface area (Å²) in [6.45, 7) is 7.45. The molecule has 1 amide bonds. The van der Waals surface area contributed by atoms with Crippen LogP contribution in [0.3, 0.4) is 0 Å². The van der Waals surface area contributed by atoms with Crippen molar-refractivity contribution in [3.05, 3.63) is 41.5 Å². The van der Waals surface area contributed by atoms with Crippen LogP contribution in [0, 0.1) is 19.8 Å². The maximum Gasteiger partial charge on any atom is 0.222 e. The monoisotopic (exact) mass is 357 g/mol. The predicted octanol–water partition coefficient (Wildman–Crippen LogP) is 2.94. The zero-order valence-electron chi connectivity index (χ0n) is 15.6. The Morgan fingerprint density at radius 1 is 1.27 bits per heavy atom. The molecule has 2 aliphatic rings. The first kappa shape index (κ1) is 17.3. The molecule has 2 aromatic rings. The van der Waals surface area contributed by atoms with Crippen LogP contribution >= 0.6 is 0 Å². The highest BCUT2D eigenvalue weighted by atomic mass is 16.3. The van der Waals surface area contributed by atoms with Crippen molar-refractivity contribution in [2.45, 2.75) is 52.1 Å². The number of oxazole rings is 1. The third-order valence-corrected chi connectivity index (χ3v) is 5.67. The molecule has 0 radical (unpaired) electrons. The van der Waals surface area contributed by atoms with Gasteiger partial charge in [0.25, 0.3) is 0 Å². The number of carbonyl (C=O) groups is 1. The van der Waals surface area contributed by atoms with Crippen LogP contribution in [-0.4, -0.2) is 46.4 Å². The number of likely N-dealkylation sites (tertiary alicyclic amines) is 2. The second-order valence-electron chi connectivity index (χ2n) is 7.60. The topological polar surface area (TPSA) is 62.7 Å². The highest BCUT2D eigenvalue weighted by Gasteiger charge is 2.39. The maximum atomic E-state index is 12.5. The summed E-state index contributed by atoms with van der Waals surface area (Å²) in [5.41, 5.74) is 0.998. The van der Waals surface area contributed by atoms with Crippen LogP contribution in [0.5, 0.6) is 0 Å². The summed E-state index contributed by atoms with van der Waals surface area (Å²) in [5, 5.41) is 0. The van der Waals surface area contributed by atoms with E-state index in [1.54, 1.807) is 6.26 Å². The van der Waals surface area contributed by atoms with Gasteiger partial charge in [0, 0.05) is 52.0 Å². The third-order valence-electron chi connectivity index (χ3n) is 5.67. The quantitative estimate of drug-likeness (QED) is 0.823. The molecule has 6 heteroatoms. The van der Waals surface area contributed by atoms with Gasteiger partial charge in [-0.05, 0) is 37.8 Å². The predicted molar refractivity (Wildman–Crippen MR) is 96.5 cm³/mol. The normalized spacial score (nSPS) is 24.1. The molecule has 2 atom stereocenters. The van der Waals surface area contributed by atoms with Gasteiger partial charge in [0.05, 0.1) is 5.69 Å². The van der Waals surface area contributed by atoms with E-state index in [1.807, 2.05) is 26.0 Å².